The number of ether oxygens (including phenoxy) is 1. The van der Waals surface area contributed by atoms with Gasteiger partial charge < -0.3 is 14.5 Å². The average molecular weight is 407 g/mol. The van der Waals surface area contributed by atoms with E-state index in [1.165, 1.54) is 0 Å². The van der Waals surface area contributed by atoms with Gasteiger partial charge in [-0.25, -0.2) is 13.1 Å². The molecule has 0 unspecified atom stereocenters. The summed E-state index contributed by atoms with van der Waals surface area (Å²) in [5.74, 6) is 1.38. The number of rotatable bonds is 6. The van der Waals surface area contributed by atoms with Crippen LogP contribution in [0.2, 0.25) is 0 Å². The Morgan fingerprint density at radius 2 is 1.86 bits per heavy atom. The van der Waals surface area contributed by atoms with Gasteiger partial charge in [0.15, 0.2) is 5.82 Å². The van der Waals surface area contributed by atoms with E-state index in [1.54, 1.807) is 24.0 Å². The molecule has 1 aliphatic heterocycles. The first-order valence-corrected chi connectivity index (χ1v) is 10.6. The maximum absolute atomic E-state index is 12.8. The van der Waals surface area contributed by atoms with Crippen LogP contribution in [0.1, 0.15) is 17.0 Å². The molecule has 0 amide bonds. The van der Waals surface area contributed by atoms with Crippen LogP contribution in [0.15, 0.2) is 23.1 Å². The van der Waals surface area contributed by atoms with Crippen LogP contribution in [-0.2, 0) is 21.3 Å². The molecule has 0 spiro atoms. The lowest BCUT2D eigenvalue weighted by molar-refractivity contribution is 0.122. The lowest BCUT2D eigenvalue weighted by Crippen LogP contribution is -2.38. The van der Waals surface area contributed by atoms with Crippen molar-refractivity contribution in [2.24, 2.45) is 0 Å². The number of morpholine rings is 1. The summed E-state index contributed by atoms with van der Waals surface area (Å²) in [6, 6.07) is 5.35. The quantitative estimate of drug-likeness (QED) is 0.754. The van der Waals surface area contributed by atoms with Crippen molar-refractivity contribution in [2.75, 3.05) is 50.2 Å². The van der Waals surface area contributed by atoms with Crippen molar-refractivity contribution in [3.63, 3.8) is 0 Å². The fourth-order valence-electron chi connectivity index (χ4n) is 2.81. The van der Waals surface area contributed by atoms with Crippen LogP contribution in [0, 0.1) is 13.8 Å². The number of hydrogen-bond acceptors (Lipinski definition) is 8. The van der Waals surface area contributed by atoms with Crippen molar-refractivity contribution >= 4 is 21.9 Å². The van der Waals surface area contributed by atoms with Crippen molar-refractivity contribution in [3.05, 3.63) is 35.2 Å². The monoisotopic (exact) mass is 406 g/mol. The van der Waals surface area contributed by atoms with Crippen LogP contribution in [0.5, 0.6) is 0 Å². The zero-order valence-corrected chi connectivity index (χ0v) is 17.5. The minimum Gasteiger partial charge on any atom is -0.378 e. The van der Waals surface area contributed by atoms with Crippen LogP contribution >= 0.6 is 0 Å². The average Bonchev–Trinajstić information content (AvgIpc) is 2.68. The van der Waals surface area contributed by atoms with Crippen molar-refractivity contribution in [2.45, 2.75) is 25.3 Å². The number of aryl methyl sites for hydroxylation is 2. The zero-order chi connectivity index (χ0) is 20.3. The highest BCUT2D eigenvalue weighted by Gasteiger charge is 2.20. The van der Waals surface area contributed by atoms with Crippen LogP contribution in [0.25, 0.3) is 0 Å². The predicted molar refractivity (Wildman–Crippen MR) is 107 cm³/mol. The molecule has 1 aromatic carbocycles. The van der Waals surface area contributed by atoms with Gasteiger partial charge in [0.1, 0.15) is 0 Å². The summed E-state index contributed by atoms with van der Waals surface area (Å²) in [6.45, 7) is 6.21. The maximum Gasteiger partial charge on any atom is 0.241 e. The van der Waals surface area contributed by atoms with Gasteiger partial charge >= 0.3 is 0 Å². The van der Waals surface area contributed by atoms with Gasteiger partial charge in [0.05, 0.1) is 24.7 Å². The molecule has 0 bridgehead atoms. The number of hydrogen-bond donors (Lipinski definition) is 1. The van der Waals surface area contributed by atoms with Crippen molar-refractivity contribution in [3.8, 4) is 0 Å². The largest absolute Gasteiger partial charge is 0.378 e. The first kappa shape index (κ1) is 20.4. The summed E-state index contributed by atoms with van der Waals surface area (Å²) < 4.78 is 33.5. The third-order valence-corrected chi connectivity index (χ3v) is 5.95. The molecule has 1 aliphatic rings. The fourth-order valence-corrected chi connectivity index (χ4v) is 4.12. The summed E-state index contributed by atoms with van der Waals surface area (Å²) >= 11 is 0. The van der Waals surface area contributed by atoms with E-state index in [0.717, 1.165) is 5.56 Å². The van der Waals surface area contributed by atoms with Gasteiger partial charge in [0, 0.05) is 27.2 Å². The molecule has 0 aliphatic carbocycles. The molecule has 10 heteroatoms. The molecule has 9 nitrogen and oxygen atoms in total. The Bertz CT molecular complexity index is 942. The SMILES string of the molecule is Cc1ccc(C)c(S(=O)(=O)NCc2nc(N(C)C)nc(N3CCOCC3)n2)c1. The number of aromatic nitrogens is 3. The summed E-state index contributed by atoms with van der Waals surface area (Å²) in [5, 5.41) is 0. The molecule has 3 rings (SSSR count). The molecule has 1 N–H and O–H groups in total. The molecular weight excluding hydrogens is 380 g/mol. The Kier molecular flexibility index (Phi) is 6.11. The van der Waals surface area contributed by atoms with E-state index in [2.05, 4.69) is 19.7 Å². The second kappa shape index (κ2) is 8.38. The standard InChI is InChI=1S/C18H26N6O3S/c1-13-5-6-14(2)15(11-13)28(25,26)19-12-16-20-17(23(3)4)22-18(21-16)24-7-9-27-10-8-24/h5-6,11,19H,7-10,12H2,1-4H3. The normalized spacial score (nSPS) is 14.9. The fraction of sp³-hybridized carbons (Fsp3) is 0.500. The molecule has 28 heavy (non-hydrogen) atoms. The first-order valence-electron chi connectivity index (χ1n) is 9.08. The Balaban J connectivity index is 1.84. The van der Waals surface area contributed by atoms with Gasteiger partial charge in [-0.2, -0.15) is 15.0 Å². The summed E-state index contributed by atoms with van der Waals surface area (Å²) in [7, 11) is -0.00848. The summed E-state index contributed by atoms with van der Waals surface area (Å²) in [4.78, 5) is 17.4. The molecule has 0 atom stereocenters. The molecule has 1 fully saturated rings. The number of sulfonamides is 1. The second-order valence-electron chi connectivity index (χ2n) is 6.94. The van der Waals surface area contributed by atoms with Crippen LogP contribution in [-0.4, -0.2) is 63.8 Å². The van der Waals surface area contributed by atoms with E-state index in [4.69, 9.17) is 4.74 Å². The second-order valence-corrected chi connectivity index (χ2v) is 8.67. The van der Waals surface area contributed by atoms with E-state index < -0.39 is 10.0 Å². The minimum atomic E-state index is -3.68. The molecule has 2 aromatic rings. The molecule has 152 valence electrons. The van der Waals surface area contributed by atoms with Gasteiger partial charge in [-0.15, -0.1) is 0 Å². The van der Waals surface area contributed by atoms with E-state index in [-0.39, 0.29) is 11.4 Å². The smallest absolute Gasteiger partial charge is 0.241 e. The highest BCUT2D eigenvalue weighted by atomic mass is 32.2. The third kappa shape index (κ3) is 4.75. The molecular formula is C18H26N6O3S. The van der Waals surface area contributed by atoms with E-state index in [0.29, 0.717) is 49.6 Å². The van der Waals surface area contributed by atoms with Crippen LogP contribution in [0.4, 0.5) is 11.9 Å². The maximum atomic E-state index is 12.8. The van der Waals surface area contributed by atoms with E-state index in [1.807, 2.05) is 32.0 Å². The number of anilines is 2. The third-order valence-electron chi connectivity index (χ3n) is 4.41. The minimum absolute atomic E-state index is 0.0174. The molecule has 1 aromatic heterocycles. The Morgan fingerprint density at radius 1 is 1.14 bits per heavy atom. The van der Waals surface area contributed by atoms with E-state index >= 15 is 0 Å². The van der Waals surface area contributed by atoms with Crippen LogP contribution in [0.3, 0.4) is 0 Å². The summed E-state index contributed by atoms with van der Waals surface area (Å²) in [6.07, 6.45) is 0. The van der Waals surface area contributed by atoms with Crippen molar-refractivity contribution < 1.29 is 13.2 Å². The van der Waals surface area contributed by atoms with E-state index in [9.17, 15) is 8.42 Å². The number of nitrogens with zero attached hydrogens (tertiary/aromatic N) is 5. The highest BCUT2D eigenvalue weighted by molar-refractivity contribution is 7.89. The van der Waals surface area contributed by atoms with Gasteiger partial charge in [-0.3, -0.25) is 0 Å². The molecule has 1 saturated heterocycles. The van der Waals surface area contributed by atoms with Gasteiger partial charge in [0.25, 0.3) is 0 Å². The lowest BCUT2D eigenvalue weighted by Gasteiger charge is -2.27. The molecule has 0 radical (unpaired) electrons. The predicted octanol–water partition coefficient (Wildman–Crippen LogP) is 0.870. The Labute approximate surface area is 165 Å². The Morgan fingerprint density at radius 3 is 2.54 bits per heavy atom. The number of benzene rings is 1. The highest BCUT2D eigenvalue weighted by Crippen LogP contribution is 2.18. The van der Waals surface area contributed by atoms with Gasteiger partial charge in [0.2, 0.25) is 21.9 Å². The summed E-state index contributed by atoms with van der Waals surface area (Å²) in [5.41, 5.74) is 1.58. The lowest BCUT2D eigenvalue weighted by atomic mass is 10.2. The topological polar surface area (TPSA) is 101 Å². The van der Waals surface area contributed by atoms with Crippen molar-refractivity contribution in [1.82, 2.24) is 19.7 Å². The van der Waals surface area contributed by atoms with Gasteiger partial charge in [-0.1, -0.05) is 12.1 Å². The molecule has 2 heterocycles. The Hall–Kier alpha value is -2.30. The van der Waals surface area contributed by atoms with Crippen LogP contribution < -0.4 is 14.5 Å². The molecule has 0 saturated carbocycles. The first-order chi connectivity index (χ1) is 13.3. The van der Waals surface area contributed by atoms with Crippen molar-refractivity contribution in [1.29, 1.82) is 0 Å². The number of nitrogens with one attached hydrogen (secondary N) is 1. The zero-order valence-electron chi connectivity index (χ0n) is 16.6. The van der Waals surface area contributed by atoms with Gasteiger partial charge in [-0.05, 0) is 31.0 Å².